The number of aliphatic carboxylic acids is 1. The summed E-state index contributed by atoms with van der Waals surface area (Å²) in [6, 6.07) is 6.42. The fraction of sp³-hybridized carbons (Fsp3) is 0.375. The van der Waals surface area contributed by atoms with Gasteiger partial charge >= 0.3 is 12.1 Å². The SMILES string of the molecule is CC(C)N1CCN(C(=O)c2cc(Cc3c[nH]c(=O)c4cc(Cl)c(Cl)n34)ccc2F)CC1.O=C(O)C(F)(F)F. The number of hydrogen-bond donors (Lipinski definition) is 2. The highest BCUT2D eigenvalue weighted by Crippen LogP contribution is 2.27. The van der Waals surface area contributed by atoms with Crippen LogP contribution < -0.4 is 5.56 Å². The predicted molar refractivity (Wildman–Crippen MR) is 134 cm³/mol. The van der Waals surface area contributed by atoms with E-state index in [-0.39, 0.29) is 27.2 Å². The van der Waals surface area contributed by atoms with Crippen molar-refractivity contribution in [2.45, 2.75) is 32.5 Å². The Hall–Kier alpha value is -3.09. The fourth-order valence-corrected chi connectivity index (χ4v) is 4.43. The molecule has 1 aromatic carbocycles. The van der Waals surface area contributed by atoms with Crippen molar-refractivity contribution in [1.29, 1.82) is 0 Å². The number of nitrogens with zero attached hydrogens (tertiary/aromatic N) is 3. The topological polar surface area (TPSA) is 98.1 Å². The summed E-state index contributed by atoms with van der Waals surface area (Å²) in [7, 11) is 0. The normalized spacial score (nSPS) is 14.5. The lowest BCUT2D eigenvalue weighted by Gasteiger charge is -2.37. The minimum Gasteiger partial charge on any atom is -0.475 e. The number of carboxylic acids is 1. The van der Waals surface area contributed by atoms with Crippen LogP contribution in [0.1, 0.15) is 35.5 Å². The molecule has 1 fully saturated rings. The molecule has 0 saturated carbocycles. The van der Waals surface area contributed by atoms with Crippen molar-refractivity contribution in [2.75, 3.05) is 26.2 Å². The number of benzene rings is 1. The van der Waals surface area contributed by atoms with Crippen molar-refractivity contribution < 1.29 is 32.3 Å². The summed E-state index contributed by atoms with van der Waals surface area (Å²) in [5, 5.41) is 7.63. The second kappa shape index (κ2) is 11.7. The first-order valence-corrected chi connectivity index (χ1v) is 12.1. The van der Waals surface area contributed by atoms with Gasteiger partial charge in [-0.25, -0.2) is 9.18 Å². The molecule has 0 unspecified atom stereocenters. The van der Waals surface area contributed by atoms with Gasteiger partial charge in [-0.15, -0.1) is 0 Å². The monoisotopic (exact) mass is 578 g/mol. The molecule has 0 atom stereocenters. The molecule has 8 nitrogen and oxygen atoms in total. The van der Waals surface area contributed by atoms with E-state index < -0.39 is 18.0 Å². The number of carboxylic acid groups (broad SMARTS) is 1. The molecule has 4 rings (SSSR count). The predicted octanol–water partition coefficient (Wildman–Crippen LogP) is 4.46. The maximum atomic E-state index is 14.5. The minimum atomic E-state index is -5.08. The molecule has 1 amide bonds. The Labute approximate surface area is 224 Å². The minimum absolute atomic E-state index is 0.0489. The van der Waals surface area contributed by atoms with Crippen molar-refractivity contribution >= 4 is 40.6 Å². The van der Waals surface area contributed by atoms with E-state index in [1.54, 1.807) is 27.6 Å². The molecule has 206 valence electrons. The van der Waals surface area contributed by atoms with E-state index >= 15 is 0 Å². The molecule has 0 bridgehead atoms. The van der Waals surface area contributed by atoms with E-state index in [4.69, 9.17) is 33.1 Å². The maximum absolute atomic E-state index is 14.5. The Kier molecular flexibility index (Phi) is 9.11. The standard InChI is InChI=1S/C22H23Cl2FN4O2.C2HF3O2/c1-13(2)27-5-7-28(8-6-27)22(31)16-10-14(3-4-18(16)25)9-15-12-26-21(30)19-11-17(23)20(24)29(15)19;3-2(4,5)1(6)7/h3-4,10-13H,5-9H2,1-2H3,(H,26,30);(H,6,7). The van der Waals surface area contributed by atoms with Crippen LogP contribution in [0.4, 0.5) is 17.6 Å². The van der Waals surface area contributed by atoms with Crippen LogP contribution in [0, 0.1) is 5.82 Å². The highest BCUT2D eigenvalue weighted by molar-refractivity contribution is 6.42. The van der Waals surface area contributed by atoms with E-state index in [2.05, 4.69) is 23.7 Å². The van der Waals surface area contributed by atoms with E-state index in [0.717, 1.165) is 18.7 Å². The lowest BCUT2D eigenvalue weighted by atomic mass is 10.0. The quantitative estimate of drug-likeness (QED) is 0.445. The van der Waals surface area contributed by atoms with Crippen molar-refractivity contribution in [3.05, 3.63) is 73.6 Å². The molecule has 1 aliphatic heterocycles. The number of aromatic nitrogens is 2. The third-order valence-electron chi connectivity index (χ3n) is 6.01. The Bertz CT molecular complexity index is 1400. The average Bonchev–Trinajstić information content (AvgIpc) is 3.16. The summed E-state index contributed by atoms with van der Waals surface area (Å²) in [5.74, 6) is -3.61. The number of aromatic amines is 1. The lowest BCUT2D eigenvalue weighted by molar-refractivity contribution is -0.192. The number of carbonyl (C=O) groups is 2. The second-order valence-corrected chi connectivity index (χ2v) is 9.59. The van der Waals surface area contributed by atoms with Gasteiger partial charge in [0.05, 0.1) is 10.6 Å². The smallest absolute Gasteiger partial charge is 0.475 e. The Balaban J connectivity index is 0.000000505. The molecular weight excluding hydrogens is 555 g/mol. The highest BCUT2D eigenvalue weighted by atomic mass is 35.5. The number of alkyl halides is 3. The Morgan fingerprint density at radius 1 is 1.11 bits per heavy atom. The van der Waals surface area contributed by atoms with Gasteiger partial charge in [-0.05, 0) is 37.6 Å². The molecule has 0 aliphatic carbocycles. The van der Waals surface area contributed by atoms with E-state index in [9.17, 15) is 27.2 Å². The zero-order valence-corrected chi connectivity index (χ0v) is 21.8. The first-order chi connectivity index (χ1) is 17.7. The van der Waals surface area contributed by atoms with Gasteiger partial charge in [-0.1, -0.05) is 29.3 Å². The van der Waals surface area contributed by atoms with Gasteiger partial charge < -0.3 is 15.0 Å². The van der Waals surface area contributed by atoms with Gasteiger partial charge in [0, 0.05) is 50.5 Å². The van der Waals surface area contributed by atoms with Gasteiger partial charge in [0.25, 0.3) is 11.5 Å². The summed E-state index contributed by atoms with van der Waals surface area (Å²) < 4.78 is 47.8. The molecule has 0 spiro atoms. The zero-order valence-electron chi connectivity index (χ0n) is 20.3. The van der Waals surface area contributed by atoms with Crippen LogP contribution in [-0.2, 0) is 11.2 Å². The maximum Gasteiger partial charge on any atom is 0.490 e. The molecule has 3 aromatic rings. The average molecular weight is 579 g/mol. The van der Waals surface area contributed by atoms with E-state index in [0.29, 0.717) is 36.8 Å². The van der Waals surface area contributed by atoms with E-state index in [1.807, 2.05) is 0 Å². The van der Waals surface area contributed by atoms with Crippen LogP contribution >= 0.6 is 23.2 Å². The van der Waals surface area contributed by atoms with Crippen LogP contribution in [0.25, 0.3) is 5.52 Å². The largest absolute Gasteiger partial charge is 0.490 e. The summed E-state index contributed by atoms with van der Waals surface area (Å²) in [6.07, 6.45) is -3.20. The van der Waals surface area contributed by atoms with Gasteiger partial charge in [0.15, 0.2) is 0 Å². The number of rotatable bonds is 4. The van der Waals surface area contributed by atoms with Gasteiger partial charge in [0.2, 0.25) is 0 Å². The van der Waals surface area contributed by atoms with Crippen molar-refractivity contribution in [2.24, 2.45) is 0 Å². The van der Waals surface area contributed by atoms with Gasteiger partial charge in [-0.3, -0.25) is 18.9 Å². The number of amides is 1. The van der Waals surface area contributed by atoms with Crippen molar-refractivity contribution in [1.82, 2.24) is 19.2 Å². The van der Waals surface area contributed by atoms with Crippen LogP contribution in [0.2, 0.25) is 10.2 Å². The number of hydrogen-bond acceptors (Lipinski definition) is 4. The Morgan fingerprint density at radius 3 is 2.26 bits per heavy atom. The molecule has 14 heteroatoms. The number of nitrogens with one attached hydrogen (secondary N) is 1. The summed E-state index contributed by atoms with van der Waals surface area (Å²) in [5.41, 5.74) is 1.46. The molecule has 38 heavy (non-hydrogen) atoms. The molecule has 1 aliphatic rings. The number of halogens is 6. The highest BCUT2D eigenvalue weighted by Gasteiger charge is 2.38. The number of H-pyrrole nitrogens is 1. The molecule has 2 N–H and O–H groups in total. The van der Waals surface area contributed by atoms with Gasteiger partial charge in [0.1, 0.15) is 16.5 Å². The molecule has 3 heterocycles. The summed E-state index contributed by atoms with van der Waals surface area (Å²) in [4.78, 5) is 40.6. The molecular formula is C24H24Cl2F4N4O4. The third-order valence-corrected chi connectivity index (χ3v) is 6.77. The number of piperazine rings is 1. The molecule has 0 radical (unpaired) electrons. The van der Waals surface area contributed by atoms with Crippen LogP contribution in [-0.4, -0.2) is 74.6 Å². The zero-order chi connectivity index (χ0) is 28.4. The molecule has 2 aromatic heterocycles. The van der Waals surface area contributed by atoms with Crippen LogP contribution in [0.5, 0.6) is 0 Å². The molecule has 1 saturated heterocycles. The number of fused-ring (bicyclic) bond motifs is 1. The fourth-order valence-electron chi connectivity index (χ4n) is 3.99. The first kappa shape index (κ1) is 29.5. The van der Waals surface area contributed by atoms with E-state index in [1.165, 1.54) is 12.1 Å². The van der Waals surface area contributed by atoms with Crippen molar-refractivity contribution in [3.8, 4) is 0 Å². The van der Waals surface area contributed by atoms with Crippen LogP contribution in [0.15, 0.2) is 35.3 Å². The first-order valence-electron chi connectivity index (χ1n) is 11.4. The lowest BCUT2D eigenvalue weighted by Crippen LogP contribution is -2.50. The third kappa shape index (κ3) is 6.66. The summed E-state index contributed by atoms with van der Waals surface area (Å²) in [6.45, 7) is 6.93. The second-order valence-electron chi connectivity index (χ2n) is 8.83. The van der Waals surface area contributed by atoms with Crippen LogP contribution in [0.3, 0.4) is 0 Å². The number of carbonyl (C=O) groups excluding carboxylic acids is 1. The Morgan fingerprint density at radius 2 is 1.71 bits per heavy atom. The summed E-state index contributed by atoms with van der Waals surface area (Å²) >= 11 is 12.4. The van der Waals surface area contributed by atoms with Crippen molar-refractivity contribution in [3.63, 3.8) is 0 Å². The van der Waals surface area contributed by atoms with Gasteiger partial charge in [-0.2, -0.15) is 13.2 Å².